The maximum absolute atomic E-state index is 10.6. The van der Waals surface area contributed by atoms with Gasteiger partial charge in [-0.2, -0.15) is 0 Å². The number of aliphatic hydroxyl groups is 1. The maximum Gasteiger partial charge on any atom is 0.332 e. The molecule has 0 saturated heterocycles. The molecule has 0 spiro atoms. The summed E-state index contributed by atoms with van der Waals surface area (Å²) in [6, 6.07) is 0. The van der Waals surface area contributed by atoms with Gasteiger partial charge >= 0.3 is 5.97 Å². The molecule has 0 heterocycles. The predicted octanol–water partition coefficient (Wildman–Crippen LogP) is -1.48. The van der Waals surface area contributed by atoms with E-state index in [1.54, 1.807) is 0 Å². The van der Waals surface area contributed by atoms with E-state index >= 15 is 0 Å². The fraction of sp³-hybridized carbons (Fsp3) is 0.800. The van der Waals surface area contributed by atoms with Crippen LogP contribution >= 0.6 is 7.37 Å². The van der Waals surface area contributed by atoms with Crippen LogP contribution in [0, 0.1) is 0 Å². The molecule has 2 unspecified atom stereocenters. The molecule has 75 valence electrons. The number of hydrogen-bond donors (Lipinski definition) is 3. The van der Waals surface area contributed by atoms with E-state index in [1.807, 2.05) is 0 Å². The number of rotatable bonds is 4. The molecule has 6 nitrogen and oxygen atoms in total. The van der Waals surface area contributed by atoms with Gasteiger partial charge in [-0.15, -0.1) is 0 Å². The Labute approximate surface area is 98.0 Å². The summed E-state index contributed by atoms with van der Waals surface area (Å²) in [6.45, 7) is 1.13. The van der Waals surface area contributed by atoms with E-state index in [-0.39, 0.29) is 47.6 Å². The average molecular weight is 223 g/mol. The molecule has 0 aliphatic rings. The Kier molecular flexibility index (Phi) is 11.7. The molecule has 0 aromatic heterocycles. The molecule has 0 aliphatic heterocycles. The zero-order valence-electron chi connectivity index (χ0n) is 7.60. The van der Waals surface area contributed by atoms with Crippen molar-refractivity contribution in [2.24, 2.45) is 0 Å². The molecule has 0 aromatic carbocycles. The maximum atomic E-state index is 10.6. The van der Waals surface area contributed by atoms with Gasteiger partial charge in [0.15, 0.2) is 13.5 Å². The molecule has 0 rings (SSSR count). The summed E-state index contributed by atoms with van der Waals surface area (Å²) in [5.41, 5.74) is 0. The summed E-state index contributed by atoms with van der Waals surface area (Å²) < 4.78 is 10.6. The number of aliphatic hydroxyl groups excluding tert-OH is 1. The van der Waals surface area contributed by atoms with Crippen molar-refractivity contribution in [2.45, 2.75) is 12.5 Å². The fourth-order valence-corrected chi connectivity index (χ4v) is 1.21. The van der Waals surface area contributed by atoms with E-state index in [4.69, 9.17) is 15.1 Å². The molecule has 0 saturated carbocycles. The third-order valence-electron chi connectivity index (χ3n) is 1.10. The largest absolute Gasteiger partial charge is 0.479 e. The molecule has 0 bridgehead atoms. The average Bonchev–Trinajstić information content (AvgIpc) is 1.80. The van der Waals surface area contributed by atoms with Crippen molar-refractivity contribution < 1.29 is 29.9 Å². The Morgan fingerprint density at radius 3 is 2.15 bits per heavy atom. The van der Waals surface area contributed by atoms with Crippen LogP contribution < -0.4 is 0 Å². The van der Waals surface area contributed by atoms with E-state index in [1.165, 1.54) is 0 Å². The van der Waals surface area contributed by atoms with E-state index in [0.717, 1.165) is 6.66 Å². The zero-order chi connectivity index (χ0) is 9.07. The Morgan fingerprint density at radius 2 is 1.92 bits per heavy atom. The van der Waals surface area contributed by atoms with Crippen molar-refractivity contribution >= 4 is 42.9 Å². The topological polar surface area (TPSA) is 126 Å². The number of carbonyl (C=O) groups is 1. The van der Waals surface area contributed by atoms with E-state index in [2.05, 4.69) is 0 Å². The molecule has 0 fully saturated rings. The standard InChI is InChI=1S/C5H11O5P.Na.H2O/c1-11(9,10)3-2-4(6)5(7)8;;/h4,6H,2-3H2,1H3,(H,7,8)(H,9,10);;1H2. The summed E-state index contributed by atoms with van der Waals surface area (Å²) in [7, 11) is -3.18. The van der Waals surface area contributed by atoms with Crippen LogP contribution in [-0.4, -0.2) is 75.0 Å². The number of carboxylic acid groups (broad SMARTS) is 1. The molecule has 5 N–H and O–H groups in total. The number of hydrogen-bond acceptors (Lipinski definition) is 3. The van der Waals surface area contributed by atoms with Crippen LogP contribution in [0.3, 0.4) is 0 Å². The van der Waals surface area contributed by atoms with Gasteiger partial charge in [-0.25, -0.2) is 4.79 Å². The first kappa shape index (κ1) is 19.2. The first-order chi connectivity index (χ1) is 4.83. The van der Waals surface area contributed by atoms with Crippen LogP contribution in [-0.2, 0) is 9.36 Å². The Bertz CT molecular complexity index is 189. The smallest absolute Gasteiger partial charge is 0.332 e. The van der Waals surface area contributed by atoms with Crippen LogP contribution in [0.25, 0.3) is 0 Å². The third kappa shape index (κ3) is 12.6. The molecular formula is C5H13NaO6P. The van der Waals surface area contributed by atoms with Crippen molar-refractivity contribution in [1.82, 2.24) is 0 Å². The van der Waals surface area contributed by atoms with E-state index in [0.29, 0.717) is 0 Å². The molecule has 0 aliphatic carbocycles. The quantitative estimate of drug-likeness (QED) is 0.395. The van der Waals surface area contributed by atoms with Crippen molar-refractivity contribution in [3.05, 3.63) is 0 Å². The van der Waals surface area contributed by atoms with Crippen LogP contribution in [0.1, 0.15) is 6.42 Å². The summed E-state index contributed by atoms with van der Waals surface area (Å²) in [6.07, 6.45) is -1.88. The van der Waals surface area contributed by atoms with Gasteiger partial charge in [0.05, 0.1) is 0 Å². The van der Waals surface area contributed by atoms with Gasteiger partial charge in [0.2, 0.25) is 0 Å². The van der Waals surface area contributed by atoms with Crippen LogP contribution in [0.15, 0.2) is 0 Å². The van der Waals surface area contributed by atoms with Crippen molar-refractivity contribution in [1.29, 1.82) is 0 Å². The van der Waals surface area contributed by atoms with Crippen LogP contribution in [0.2, 0.25) is 0 Å². The molecule has 13 heavy (non-hydrogen) atoms. The van der Waals surface area contributed by atoms with Crippen LogP contribution in [0.5, 0.6) is 0 Å². The van der Waals surface area contributed by atoms with E-state index in [9.17, 15) is 9.36 Å². The second kappa shape index (κ2) is 7.94. The summed E-state index contributed by atoms with van der Waals surface area (Å²) in [4.78, 5) is 18.7. The molecule has 1 radical (unpaired) electrons. The molecular weight excluding hydrogens is 210 g/mol. The Morgan fingerprint density at radius 1 is 1.54 bits per heavy atom. The molecule has 8 heteroatoms. The predicted molar refractivity (Wildman–Crippen MR) is 48.2 cm³/mol. The van der Waals surface area contributed by atoms with Gasteiger partial charge < -0.3 is 20.6 Å². The van der Waals surface area contributed by atoms with Crippen molar-refractivity contribution in [2.75, 3.05) is 12.8 Å². The van der Waals surface area contributed by atoms with Gasteiger partial charge in [0, 0.05) is 42.4 Å². The minimum atomic E-state index is -3.18. The zero-order valence-corrected chi connectivity index (χ0v) is 10.5. The SMILES string of the molecule is CP(=O)(O)CCC(O)C(=O)O.O.[Na]. The molecule has 0 aromatic rings. The Balaban J connectivity index is -0.000000500. The van der Waals surface area contributed by atoms with E-state index < -0.39 is 19.4 Å². The van der Waals surface area contributed by atoms with Crippen LogP contribution in [0.4, 0.5) is 0 Å². The normalized spacial score (nSPS) is 15.9. The van der Waals surface area contributed by atoms with Gasteiger partial charge in [-0.3, -0.25) is 4.57 Å². The summed E-state index contributed by atoms with van der Waals surface area (Å²) in [5, 5.41) is 16.8. The second-order valence-electron chi connectivity index (χ2n) is 2.42. The first-order valence-corrected chi connectivity index (χ1v) is 5.32. The van der Waals surface area contributed by atoms with Gasteiger partial charge in [-0.05, 0) is 6.42 Å². The van der Waals surface area contributed by atoms with Crippen molar-refractivity contribution in [3.63, 3.8) is 0 Å². The monoisotopic (exact) mass is 223 g/mol. The summed E-state index contributed by atoms with van der Waals surface area (Å²) in [5.74, 6) is -1.36. The first-order valence-electron chi connectivity index (χ1n) is 3.03. The fourth-order valence-electron chi connectivity index (χ4n) is 0.485. The third-order valence-corrected chi connectivity index (χ3v) is 2.19. The van der Waals surface area contributed by atoms with Crippen molar-refractivity contribution in [3.8, 4) is 0 Å². The summed E-state index contributed by atoms with van der Waals surface area (Å²) >= 11 is 0. The number of aliphatic carboxylic acids is 1. The molecule has 0 amide bonds. The van der Waals surface area contributed by atoms with Gasteiger partial charge in [0.1, 0.15) is 0 Å². The second-order valence-corrected chi connectivity index (χ2v) is 4.97. The minimum Gasteiger partial charge on any atom is -0.479 e. The Hall–Kier alpha value is 0.580. The molecule has 2 atom stereocenters. The minimum absolute atomic E-state index is 0. The van der Waals surface area contributed by atoms with Gasteiger partial charge in [-0.1, -0.05) is 0 Å². The van der Waals surface area contributed by atoms with Gasteiger partial charge in [0.25, 0.3) is 0 Å². The number of carboxylic acids is 1.